The highest BCUT2D eigenvalue weighted by molar-refractivity contribution is 14.0. The highest BCUT2D eigenvalue weighted by atomic mass is 127. The van der Waals surface area contributed by atoms with Crippen molar-refractivity contribution in [3.63, 3.8) is 0 Å². The molecular weight excluding hydrogens is 409 g/mol. The number of hydrogen-bond acceptors (Lipinski definition) is 4. The zero-order valence-electron chi connectivity index (χ0n) is 14.0. The number of rotatable bonds is 5. The van der Waals surface area contributed by atoms with E-state index in [0.717, 1.165) is 64.5 Å². The summed E-state index contributed by atoms with van der Waals surface area (Å²) in [5.41, 5.74) is 0.0565. The topological polar surface area (TPSA) is 66.3 Å². The number of halogens is 1. The van der Waals surface area contributed by atoms with E-state index in [1.165, 1.54) is 0 Å². The Morgan fingerprint density at radius 3 is 2.70 bits per heavy atom. The molecule has 3 rings (SSSR count). The Kier molecular flexibility index (Phi) is 7.37. The molecule has 3 aliphatic rings. The predicted molar refractivity (Wildman–Crippen MR) is 100 cm³/mol. The van der Waals surface area contributed by atoms with Crippen LogP contribution < -0.4 is 5.32 Å². The summed E-state index contributed by atoms with van der Waals surface area (Å²) in [6.07, 6.45) is 4.80. The molecule has 0 aromatic rings. The molecule has 2 atom stereocenters. The van der Waals surface area contributed by atoms with Gasteiger partial charge in [0, 0.05) is 31.7 Å². The Morgan fingerprint density at radius 1 is 1.30 bits per heavy atom. The second kappa shape index (κ2) is 8.82. The van der Waals surface area contributed by atoms with E-state index in [4.69, 9.17) is 14.5 Å². The molecule has 2 aliphatic heterocycles. The number of nitrogens with one attached hydrogen (secondary N) is 1. The minimum Gasteiger partial charge on any atom is -0.396 e. The maximum absolute atomic E-state index is 9.46. The van der Waals surface area contributed by atoms with E-state index in [0.29, 0.717) is 6.54 Å². The number of morpholine rings is 1. The first-order valence-corrected chi connectivity index (χ1v) is 8.64. The van der Waals surface area contributed by atoms with Crippen molar-refractivity contribution in [1.29, 1.82) is 0 Å². The van der Waals surface area contributed by atoms with Crippen LogP contribution in [-0.2, 0) is 9.47 Å². The van der Waals surface area contributed by atoms with Crippen LogP contribution >= 0.6 is 24.0 Å². The summed E-state index contributed by atoms with van der Waals surface area (Å²) in [5, 5.41) is 12.8. The highest BCUT2D eigenvalue weighted by Crippen LogP contribution is 2.45. The SMILES string of the molecule is CCNC(=NCC1(CO)CC1)N1CCOC(C2CCCO2)C1.I. The van der Waals surface area contributed by atoms with Gasteiger partial charge in [0.1, 0.15) is 6.10 Å². The molecule has 3 fully saturated rings. The van der Waals surface area contributed by atoms with Crippen LogP contribution in [0.1, 0.15) is 32.6 Å². The van der Waals surface area contributed by atoms with Crippen LogP contribution in [0.3, 0.4) is 0 Å². The molecule has 2 N–H and O–H groups in total. The first-order valence-electron chi connectivity index (χ1n) is 8.64. The lowest BCUT2D eigenvalue weighted by Crippen LogP contribution is -2.53. The van der Waals surface area contributed by atoms with Crippen LogP contribution in [0.5, 0.6) is 0 Å². The fourth-order valence-corrected chi connectivity index (χ4v) is 3.20. The van der Waals surface area contributed by atoms with Crippen molar-refractivity contribution in [3.05, 3.63) is 0 Å². The summed E-state index contributed by atoms with van der Waals surface area (Å²) < 4.78 is 11.7. The maximum Gasteiger partial charge on any atom is 0.194 e. The average Bonchev–Trinajstić information content (AvgIpc) is 3.13. The van der Waals surface area contributed by atoms with Crippen molar-refractivity contribution < 1.29 is 14.6 Å². The third-order valence-electron chi connectivity index (χ3n) is 4.96. The van der Waals surface area contributed by atoms with E-state index in [2.05, 4.69) is 17.1 Å². The van der Waals surface area contributed by atoms with Crippen LogP contribution in [0.2, 0.25) is 0 Å². The third-order valence-corrected chi connectivity index (χ3v) is 4.96. The van der Waals surface area contributed by atoms with E-state index >= 15 is 0 Å². The number of aliphatic hydroxyl groups excluding tert-OH is 1. The van der Waals surface area contributed by atoms with E-state index < -0.39 is 0 Å². The van der Waals surface area contributed by atoms with Gasteiger partial charge in [-0.1, -0.05) is 0 Å². The monoisotopic (exact) mass is 439 g/mol. The second-order valence-corrected chi connectivity index (χ2v) is 6.74. The van der Waals surface area contributed by atoms with Gasteiger partial charge < -0.3 is 24.8 Å². The molecule has 23 heavy (non-hydrogen) atoms. The molecule has 0 spiro atoms. The van der Waals surface area contributed by atoms with Crippen molar-refractivity contribution in [2.45, 2.75) is 44.8 Å². The van der Waals surface area contributed by atoms with Gasteiger partial charge in [0.05, 0.1) is 25.9 Å². The minimum absolute atomic E-state index is 0. The lowest BCUT2D eigenvalue weighted by molar-refractivity contribution is -0.0817. The zero-order valence-corrected chi connectivity index (χ0v) is 16.3. The van der Waals surface area contributed by atoms with E-state index in [1.54, 1.807) is 0 Å². The molecular formula is C16H30IN3O3. The number of guanidine groups is 1. The van der Waals surface area contributed by atoms with E-state index in [-0.39, 0.29) is 48.2 Å². The first-order chi connectivity index (χ1) is 10.8. The lowest BCUT2D eigenvalue weighted by Gasteiger charge is -2.37. The molecule has 1 saturated carbocycles. The molecule has 1 aliphatic carbocycles. The Labute approximate surface area is 156 Å². The number of aliphatic imine (C=N–C) groups is 1. The molecule has 6 nitrogen and oxygen atoms in total. The number of nitrogens with zero attached hydrogens (tertiary/aromatic N) is 2. The van der Waals surface area contributed by atoms with Crippen molar-refractivity contribution in [2.24, 2.45) is 10.4 Å². The molecule has 2 unspecified atom stereocenters. The third kappa shape index (κ3) is 4.93. The summed E-state index contributed by atoms with van der Waals surface area (Å²) in [7, 11) is 0. The van der Waals surface area contributed by atoms with Gasteiger partial charge in [0.25, 0.3) is 0 Å². The van der Waals surface area contributed by atoms with Gasteiger partial charge in [-0.05, 0) is 32.6 Å². The molecule has 0 radical (unpaired) electrons. The van der Waals surface area contributed by atoms with Crippen LogP contribution in [0.4, 0.5) is 0 Å². The molecule has 0 aromatic carbocycles. The standard InChI is InChI=1S/C16H29N3O3.HI/c1-2-17-15(18-11-16(12-20)5-6-16)19-7-9-22-14(10-19)13-4-3-8-21-13;/h13-14,20H,2-12H2,1H3,(H,17,18);1H. The fourth-order valence-electron chi connectivity index (χ4n) is 3.20. The Morgan fingerprint density at radius 2 is 2.09 bits per heavy atom. The van der Waals surface area contributed by atoms with Crippen molar-refractivity contribution in [1.82, 2.24) is 10.2 Å². The van der Waals surface area contributed by atoms with Crippen molar-refractivity contribution >= 4 is 29.9 Å². The summed E-state index contributed by atoms with van der Waals surface area (Å²) >= 11 is 0. The average molecular weight is 439 g/mol. The smallest absolute Gasteiger partial charge is 0.194 e. The molecule has 2 heterocycles. The molecule has 7 heteroatoms. The normalized spacial score (nSPS) is 30.0. The van der Waals surface area contributed by atoms with Gasteiger partial charge >= 0.3 is 0 Å². The Hall–Kier alpha value is -0.120. The minimum atomic E-state index is 0. The van der Waals surface area contributed by atoms with Gasteiger partial charge in [-0.2, -0.15) is 0 Å². The molecule has 134 valence electrons. The van der Waals surface area contributed by atoms with Crippen molar-refractivity contribution in [2.75, 3.05) is 46.0 Å². The summed E-state index contributed by atoms with van der Waals surface area (Å²) in [5.74, 6) is 0.952. The van der Waals surface area contributed by atoms with Gasteiger partial charge in [-0.3, -0.25) is 4.99 Å². The van der Waals surface area contributed by atoms with Gasteiger partial charge in [0.2, 0.25) is 0 Å². The van der Waals surface area contributed by atoms with E-state index in [1.807, 2.05) is 0 Å². The second-order valence-electron chi connectivity index (χ2n) is 6.74. The number of hydrogen-bond donors (Lipinski definition) is 2. The lowest BCUT2D eigenvalue weighted by atomic mass is 10.1. The number of ether oxygens (including phenoxy) is 2. The fraction of sp³-hybridized carbons (Fsp3) is 0.938. The maximum atomic E-state index is 9.46. The molecule has 2 saturated heterocycles. The van der Waals surface area contributed by atoms with Crippen LogP contribution in [0.15, 0.2) is 4.99 Å². The quantitative estimate of drug-likeness (QED) is 0.383. The van der Waals surface area contributed by atoms with Gasteiger partial charge in [0.15, 0.2) is 5.96 Å². The zero-order chi connectivity index (χ0) is 15.4. The van der Waals surface area contributed by atoms with Gasteiger partial charge in [-0.15, -0.1) is 24.0 Å². The first kappa shape index (κ1) is 19.2. The largest absolute Gasteiger partial charge is 0.396 e. The Balaban J connectivity index is 0.00000192. The summed E-state index contributed by atoms with van der Waals surface area (Å²) in [6, 6.07) is 0. The van der Waals surface area contributed by atoms with Crippen LogP contribution in [-0.4, -0.2) is 74.2 Å². The molecule has 0 amide bonds. The van der Waals surface area contributed by atoms with Gasteiger partial charge in [-0.25, -0.2) is 0 Å². The number of aliphatic hydroxyl groups is 1. The van der Waals surface area contributed by atoms with E-state index in [9.17, 15) is 5.11 Å². The predicted octanol–water partition coefficient (Wildman–Crippen LogP) is 1.22. The summed E-state index contributed by atoms with van der Waals surface area (Å²) in [6.45, 7) is 7.19. The molecule has 0 aromatic heterocycles. The highest BCUT2D eigenvalue weighted by Gasteiger charge is 2.42. The summed E-state index contributed by atoms with van der Waals surface area (Å²) in [4.78, 5) is 7.06. The Bertz CT molecular complexity index is 398. The van der Waals surface area contributed by atoms with Crippen LogP contribution in [0, 0.1) is 5.41 Å². The van der Waals surface area contributed by atoms with Crippen LogP contribution in [0.25, 0.3) is 0 Å². The molecule has 0 bridgehead atoms. The van der Waals surface area contributed by atoms with Crippen molar-refractivity contribution in [3.8, 4) is 0 Å².